The van der Waals surface area contributed by atoms with Crippen LogP contribution in [0.25, 0.3) is 0 Å². The van der Waals surface area contributed by atoms with Crippen molar-refractivity contribution in [1.82, 2.24) is 19.9 Å². The maximum absolute atomic E-state index is 11.8. The van der Waals surface area contributed by atoms with Gasteiger partial charge in [0, 0.05) is 37.3 Å². The van der Waals surface area contributed by atoms with E-state index in [2.05, 4.69) is 32.7 Å². The van der Waals surface area contributed by atoms with Crippen LogP contribution in [-0.4, -0.2) is 27.1 Å². The second-order valence-electron chi connectivity index (χ2n) is 4.99. The summed E-state index contributed by atoms with van der Waals surface area (Å²) in [6.45, 7) is 1.22. The van der Waals surface area contributed by atoms with Gasteiger partial charge in [0.15, 0.2) is 5.13 Å². The monoisotopic (exact) mass is 327 g/mol. The summed E-state index contributed by atoms with van der Waals surface area (Å²) in [6.07, 6.45) is 6.05. The van der Waals surface area contributed by atoms with E-state index in [0.29, 0.717) is 18.2 Å². The summed E-state index contributed by atoms with van der Waals surface area (Å²) >= 11 is 1.43. The molecule has 6 nitrogen and oxygen atoms in total. The zero-order chi connectivity index (χ0) is 15.9. The van der Waals surface area contributed by atoms with Gasteiger partial charge in [-0.25, -0.2) is 14.8 Å². The molecule has 0 aliphatic rings. The molecule has 3 rings (SSSR count). The first kappa shape index (κ1) is 15.2. The molecule has 0 radical (unpaired) electrons. The predicted molar refractivity (Wildman–Crippen MR) is 90.6 cm³/mol. The highest BCUT2D eigenvalue weighted by Gasteiger charge is 2.06. The number of anilines is 1. The Morgan fingerprint density at radius 2 is 2.13 bits per heavy atom. The number of amides is 2. The third-order valence-electron chi connectivity index (χ3n) is 3.22. The SMILES string of the molecule is O=C(NCCn1ccnc1)Nc1nc(Cc2ccccc2)cs1. The second-order valence-corrected chi connectivity index (χ2v) is 5.85. The minimum absolute atomic E-state index is 0.245. The van der Waals surface area contributed by atoms with Crippen LogP contribution in [0.3, 0.4) is 0 Å². The number of carbonyl (C=O) groups is 1. The summed E-state index contributed by atoms with van der Waals surface area (Å²) in [6, 6.07) is 9.89. The van der Waals surface area contributed by atoms with Crippen molar-refractivity contribution < 1.29 is 4.79 Å². The zero-order valence-corrected chi connectivity index (χ0v) is 13.3. The van der Waals surface area contributed by atoms with Gasteiger partial charge in [0.2, 0.25) is 0 Å². The van der Waals surface area contributed by atoms with E-state index in [-0.39, 0.29) is 6.03 Å². The number of nitrogens with zero attached hydrogens (tertiary/aromatic N) is 3. The Kier molecular flexibility index (Phi) is 5.00. The van der Waals surface area contributed by atoms with Gasteiger partial charge in [-0.3, -0.25) is 5.32 Å². The number of hydrogen-bond acceptors (Lipinski definition) is 4. The van der Waals surface area contributed by atoms with Crippen molar-refractivity contribution in [2.24, 2.45) is 0 Å². The Balaban J connectivity index is 1.45. The Hall–Kier alpha value is -2.67. The number of nitrogens with one attached hydrogen (secondary N) is 2. The van der Waals surface area contributed by atoms with Crippen LogP contribution in [0.2, 0.25) is 0 Å². The molecule has 0 aliphatic heterocycles. The van der Waals surface area contributed by atoms with Crippen molar-refractivity contribution in [3.8, 4) is 0 Å². The highest BCUT2D eigenvalue weighted by Crippen LogP contribution is 2.17. The van der Waals surface area contributed by atoms with E-state index in [1.807, 2.05) is 34.3 Å². The molecule has 0 fully saturated rings. The summed E-state index contributed by atoms with van der Waals surface area (Å²) in [5.41, 5.74) is 2.16. The highest BCUT2D eigenvalue weighted by atomic mass is 32.1. The van der Waals surface area contributed by atoms with Crippen molar-refractivity contribution >= 4 is 22.5 Å². The number of benzene rings is 1. The van der Waals surface area contributed by atoms with E-state index < -0.39 is 0 Å². The lowest BCUT2D eigenvalue weighted by atomic mass is 10.1. The molecule has 0 aliphatic carbocycles. The summed E-state index contributed by atoms with van der Waals surface area (Å²) in [5, 5.41) is 8.13. The van der Waals surface area contributed by atoms with Crippen LogP contribution in [0, 0.1) is 0 Å². The first-order chi connectivity index (χ1) is 11.3. The zero-order valence-electron chi connectivity index (χ0n) is 12.5. The van der Waals surface area contributed by atoms with Crippen molar-refractivity contribution in [1.29, 1.82) is 0 Å². The molecular weight excluding hydrogens is 310 g/mol. The van der Waals surface area contributed by atoms with Gasteiger partial charge in [-0.2, -0.15) is 0 Å². The standard InChI is InChI=1S/C16H17N5OS/c22-15(18-7-9-21-8-6-17-12-21)20-16-19-14(11-23-16)10-13-4-2-1-3-5-13/h1-6,8,11-12H,7,9-10H2,(H2,18,19,20,22). The average Bonchev–Trinajstić information content (AvgIpc) is 3.21. The van der Waals surface area contributed by atoms with E-state index in [4.69, 9.17) is 0 Å². The van der Waals surface area contributed by atoms with E-state index in [9.17, 15) is 4.79 Å². The molecule has 2 amide bonds. The van der Waals surface area contributed by atoms with Gasteiger partial charge in [-0.15, -0.1) is 11.3 Å². The lowest BCUT2D eigenvalue weighted by molar-refractivity contribution is 0.251. The minimum Gasteiger partial charge on any atom is -0.336 e. The fourth-order valence-electron chi connectivity index (χ4n) is 2.11. The van der Waals surface area contributed by atoms with E-state index in [1.54, 1.807) is 12.5 Å². The second kappa shape index (κ2) is 7.55. The molecule has 0 atom stereocenters. The summed E-state index contributed by atoms with van der Waals surface area (Å²) < 4.78 is 1.90. The lowest BCUT2D eigenvalue weighted by Crippen LogP contribution is -2.31. The van der Waals surface area contributed by atoms with Crippen LogP contribution < -0.4 is 10.6 Å². The number of carbonyl (C=O) groups excluding carboxylic acids is 1. The van der Waals surface area contributed by atoms with Gasteiger partial charge < -0.3 is 9.88 Å². The maximum atomic E-state index is 11.8. The van der Waals surface area contributed by atoms with Crippen molar-refractivity contribution in [2.45, 2.75) is 13.0 Å². The fourth-order valence-corrected chi connectivity index (χ4v) is 2.81. The first-order valence-electron chi connectivity index (χ1n) is 7.28. The number of imidazole rings is 1. The van der Waals surface area contributed by atoms with Gasteiger partial charge >= 0.3 is 6.03 Å². The third kappa shape index (κ3) is 4.65. The van der Waals surface area contributed by atoms with Crippen LogP contribution in [-0.2, 0) is 13.0 Å². The summed E-state index contributed by atoms with van der Waals surface area (Å²) in [5.74, 6) is 0. The smallest absolute Gasteiger partial charge is 0.321 e. The Morgan fingerprint density at radius 3 is 2.91 bits per heavy atom. The lowest BCUT2D eigenvalue weighted by Gasteiger charge is -2.05. The van der Waals surface area contributed by atoms with Crippen molar-refractivity contribution in [2.75, 3.05) is 11.9 Å². The van der Waals surface area contributed by atoms with Crippen LogP contribution in [0.4, 0.5) is 9.93 Å². The van der Waals surface area contributed by atoms with E-state index in [0.717, 1.165) is 12.1 Å². The van der Waals surface area contributed by atoms with Gasteiger partial charge in [0.1, 0.15) is 0 Å². The first-order valence-corrected chi connectivity index (χ1v) is 8.16. The van der Waals surface area contributed by atoms with Gasteiger partial charge in [0.25, 0.3) is 0 Å². The molecule has 2 N–H and O–H groups in total. The molecule has 2 heterocycles. The molecule has 118 valence electrons. The molecule has 7 heteroatoms. The number of thiazole rings is 1. The number of aromatic nitrogens is 3. The number of urea groups is 1. The molecule has 0 spiro atoms. The molecule has 0 unspecified atom stereocenters. The fraction of sp³-hybridized carbons (Fsp3) is 0.188. The van der Waals surface area contributed by atoms with E-state index >= 15 is 0 Å². The van der Waals surface area contributed by atoms with Gasteiger partial charge in [-0.1, -0.05) is 30.3 Å². The Bertz CT molecular complexity index is 739. The molecule has 3 aromatic rings. The molecular formula is C16H17N5OS. The summed E-state index contributed by atoms with van der Waals surface area (Å²) in [4.78, 5) is 20.2. The van der Waals surface area contributed by atoms with Gasteiger partial charge in [-0.05, 0) is 5.56 Å². The molecule has 23 heavy (non-hydrogen) atoms. The normalized spacial score (nSPS) is 10.4. The molecule has 0 bridgehead atoms. The Morgan fingerprint density at radius 1 is 1.26 bits per heavy atom. The van der Waals surface area contributed by atoms with Crippen LogP contribution in [0.5, 0.6) is 0 Å². The number of hydrogen-bond donors (Lipinski definition) is 2. The third-order valence-corrected chi connectivity index (χ3v) is 4.02. The van der Waals surface area contributed by atoms with Crippen LogP contribution >= 0.6 is 11.3 Å². The average molecular weight is 327 g/mol. The number of rotatable bonds is 6. The molecule has 2 aromatic heterocycles. The molecule has 0 saturated carbocycles. The quantitative estimate of drug-likeness (QED) is 0.731. The van der Waals surface area contributed by atoms with Crippen LogP contribution in [0.1, 0.15) is 11.3 Å². The van der Waals surface area contributed by atoms with Crippen LogP contribution in [0.15, 0.2) is 54.4 Å². The largest absolute Gasteiger partial charge is 0.336 e. The van der Waals surface area contributed by atoms with Crippen molar-refractivity contribution in [3.05, 3.63) is 65.7 Å². The maximum Gasteiger partial charge on any atom is 0.321 e. The topological polar surface area (TPSA) is 71.8 Å². The van der Waals surface area contributed by atoms with E-state index in [1.165, 1.54) is 16.9 Å². The van der Waals surface area contributed by atoms with Gasteiger partial charge in [0.05, 0.1) is 12.0 Å². The minimum atomic E-state index is -0.245. The summed E-state index contributed by atoms with van der Waals surface area (Å²) in [7, 11) is 0. The highest BCUT2D eigenvalue weighted by molar-refractivity contribution is 7.13. The molecule has 1 aromatic carbocycles. The Labute approximate surface area is 138 Å². The predicted octanol–water partition coefficient (Wildman–Crippen LogP) is 2.75. The molecule has 0 saturated heterocycles. The van der Waals surface area contributed by atoms with Crippen molar-refractivity contribution in [3.63, 3.8) is 0 Å².